The van der Waals surface area contributed by atoms with E-state index in [1.807, 2.05) is 18.3 Å². The molecule has 2 saturated heterocycles. The number of carbonyl (C=O) groups excluding carboxylic acids is 3. The molecule has 1 unspecified atom stereocenters. The number of hydrogen-bond donors (Lipinski definition) is 1. The molecule has 10 nitrogen and oxygen atoms in total. The number of amides is 2. The Morgan fingerprint density at radius 3 is 2.74 bits per heavy atom. The highest BCUT2D eigenvalue weighted by molar-refractivity contribution is 7.92. The zero-order valence-electron chi connectivity index (χ0n) is 22.0. The van der Waals surface area contributed by atoms with Gasteiger partial charge >= 0.3 is 0 Å². The smallest absolute Gasteiger partial charge is 0.255 e. The fourth-order valence-corrected chi connectivity index (χ4v) is 6.97. The molecule has 1 aromatic carbocycles. The molecular formula is C28H32N6O4S. The van der Waals surface area contributed by atoms with Gasteiger partial charge in [0, 0.05) is 49.3 Å². The fourth-order valence-electron chi connectivity index (χ4n) is 5.89. The first-order valence-corrected chi connectivity index (χ1v) is 15.0. The van der Waals surface area contributed by atoms with Crippen molar-refractivity contribution in [1.29, 1.82) is 0 Å². The van der Waals surface area contributed by atoms with Crippen molar-refractivity contribution >= 4 is 40.3 Å². The predicted octanol–water partition coefficient (Wildman–Crippen LogP) is 2.05. The highest BCUT2D eigenvalue weighted by Gasteiger charge is 2.37. The zero-order valence-corrected chi connectivity index (χ0v) is 22.8. The van der Waals surface area contributed by atoms with Crippen LogP contribution in [0.15, 0.2) is 30.5 Å². The molecule has 204 valence electrons. The lowest BCUT2D eigenvalue weighted by Crippen LogP contribution is -2.46. The molecule has 3 aliphatic rings. The summed E-state index contributed by atoms with van der Waals surface area (Å²) in [6.07, 6.45) is 5.66. The van der Waals surface area contributed by atoms with Crippen LogP contribution in [-0.4, -0.2) is 84.7 Å². The van der Waals surface area contributed by atoms with Gasteiger partial charge in [0.1, 0.15) is 35.5 Å². The van der Waals surface area contributed by atoms with Crippen LogP contribution in [0.4, 0.5) is 0 Å². The van der Waals surface area contributed by atoms with E-state index in [1.165, 1.54) is 19.9 Å². The number of aromatic nitrogens is 3. The van der Waals surface area contributed by atoms with E-state index in [-0.39, 0.29) is 37.2 Å². The molecule has 2 aromatic heterocycles. The molecule has 5 heterocycles. The third-order valence-electron chi connectivity index (χ3n) is 8.05. The van der Waals surface area contributed by atoms with E-state index in [9.17, 15) is 18.9 Å². The van der Waals surface area contributed by atoms with Crippen LogP contribution in [0.3, 0.4) is 0 Å². The Morgan fingerprint density at radius 1 is 1.23 bits per heavy atom. The molecule has 11 heteroatoms. The summed E-state index contributed by atoms with van der Waals surface area (Å²) in [5, 5.41) is 3.64. The van der Waals surface area contributed by atoms with Gasteiger partial charge < -0.3 is 24.1 Å². The van der Waals surface area contributed by atoms with Gasteiger partial charge in [-0.05, 0) is 67.3 Å². The number of aldehydes is 1. The second-order valence-electron chi connectivity index (χ2n) is 10.5. The number of benzene rings is 1. The number of fused-ring (bicyclic) bond motifs is 2. The first kappa shape index (κ1) is 26.0. The van der Waals surface area contributed by atoms with Gasteiger partial charge in [0.2, 0.25) is 5.91 Å². The van der Waals surface area contributed by atoms with Crippen molar-refractivity contribution in [2.45, 2.75) is 50.9 Å². The summed E-state index contributed by atoms with van der Waals surface area (Å²) < 4.78 is 14.0. The van der Waals surface area contributed by atoms with Crippen molar-refractivity contribution in [3.8, 4) is 11.4 Å². The van der Waals surface area contributed by atoms with Gasteiger partial charge in [0.15, 0.2) is 5.82 Å². The Kier molecular flexibility index (Phi) is 7.13. The Morgan fingerprint density at radius 2 is 2.03 bits per heavy atom. The molecule has 0 aliphatic carbocycles. The van der Waals surface area contributed by atoms with Crippen LogP contribution in [0.2, 0.25) is 0 Å². The quantitative estimate of drug-likeness (QED) is 0.321. The van der Waals surface area contributed by atoms with Crippen molar-refractivity contribution in [1.82, 2.24) is 29.7 Å². The summed E-state index contributed by atoms with van der Waals surface area (Å²) in [5.74, 6) is 1.37. The van der Waals surface area contributed by atoms with Gasteiger partial charge in [-0.2, -0.15) is 0 Å². The van der Waals surface area contributed by atoms with Crippen LogP contribution in [-0.2, 0) is 33.9 Å². The molecular weight excluding hydrogens is 516 g/mol. The Bertz CT molecular complexity index is 1430. The lowest BCUT2D eigenvalue weighted by Gasteiger charge is -2.30. The normalized spacial score (nSPS) is 21.7. The van der Waals surface area contributed by atoms with Gasteiger partial charge in [0.25, 0.3) is 5.91 Å². The number of rotatable bonds is 9. The number of nitrogens with one attached hydrogen (secondary N) is 1. The third kappa shape index (κ3) is 4.83. The topological polar surface area (TPSA) is 123 Å². The minimum absolute atomic E-state index is 0.171. The summed E-state index contributed by atoms with van der Waals surface area (Å²) in [4.78, 5) is 50.7. The van der Waals surface area contributed by atoms with Crippen LogP contribution in [0.5, 0.6) is 0 Å². The highest BCUT2D eigenvalue weighted by atomic mass is 32.2. The molecule has 1 atom stereocenters. The van der Waals surface area contributed by atoms with E-state index < -0.39 is 17.2 Å². The fraction of sp³-hybridized carbons (Fsp3) is 0.464. The minimum Gasteiger partial charge on any atom is -0.616 e. The van der Waals surface area contributed by atoms with Crippen molar-refractivity contribution in [3.05, 3.63) is 47.3 Å². The number of nitrogens with zero attached hydrogens (tertiary/aromatic N) is 5. The van der Waals surface area contributed by atoms with Crippen molar-refractivity contribution in [2.24, 2.45) is 0 Å². The standard InChI is InChI=1S/C28H32N6O4S/c1-29-27(36)24(5-4-12-35)34-14-19-13-18(6-7-21(19)28(34)37)25-30-23(15-32-9-2-3-10-32)22-8-11-33(26(22)31-25)20-16-39(38)17-20/h6-8,11-13,20,24H,2-5,9-10,14-17H2,1H3,(H,29,36). The van der Waals surface area contributed by atoms with Gasteiger partial charge in [-0.15, -0.1) is 0 Å². The van der Waals surface area contributed by atoms with E-state index >= 15 is 0 Å². The Labute approximate surface area is 229 Å². The lowest BCUT2D eigenvalue weighted by molar-refractivity contribution is -0.125. The summed E-state index contributed by atoms with van der Waals surface area (Å²) in [7, 11) is 1.53. The highest BCUT2D eigenvalue weighted by Crippen LogP contribution is 2.33. The Hall–Kier alpha value is -3.28. The van der Waals surface area contributed by atoms with E-state index in [2.05, 4.69) is 20.9 Å². The average Bonchev–Trinajstić information content (AvgIpc) is 3.66. The molecule has 0 radical (unpaired) electrons. The molecule has 0 saturated carbocycles. The van der Waals surface area contributed by atoms with Crippen LogP contribution in [0.1, 0.15) is 53.3 Å². The number of likely N-dealkylation sites (tertiary alicyclic amines) is 1. The number of hydrogen-bond acceptors (Lipinski definition) is 7. The summed E-state index contributed by atoms with van der Waals surface area (Å²) in [5.41, 5.74) is 4.00. The predicted molar refractivity (Wildman–Crippen MR) is 147 cm³/mol. The van der Waals surface area contributed by atoms with Crippen molar-refractivity contribution < 1.29 is 18.9 Å². The monoisotopic (exact) mass is 548 g/mol. The van der Waals surface area contributed by atoms with Gasteiger partial charge in [-0.3, -0.25) is 14.5 Å². The van der Waals surface area contributed by atoms with Crippen molar-refractivity contribution in [2.75, 3.05) is 31.6 Å². The zero-order chi connectivity index (χ0) is 27.1. The van der Waals surface area contributed by atoms with E-state index in [0.717, 1.165) is 53.8 Å². The van der Waals surface area contributed by atoms with Crippen molar-refractivity contribution in [3.63, 3.8) is 0 Å². The van der Waals surface area contributed by atoms with E-state index in [0.29, 0.717) is 22.9 Å². The maximum atomic E-state index is 13.2. The molecule has 3 aliphatic heterocycles. The molecule has 39 heavy (non-hydrogen) atoms. The molecule has 0 bridgehead atoms. The van der Waals surface area contributed by atoms with Crippen LogP contribution < -0.4 is 5.32 Å². The maximum absolute atomic E-state index is 13.2. The summed E-state index contributed by atoms with van der Waals surface area (Å²) in [6.45, 7) is 3.13. The molecule has 6 rings (SSSR count). The first-order chi connectivity index (χ1) is 19.0. The van der Waals surface area contributed by atoms with Crippen LogP contribution >= 0.6 is 0 Å². The largest absolute Gasteiger partial charge is 0.616 e. The first-order valence-electron chi connectivity index (χ1n) is 13.5. The minimum atomic E-state index is -0.774. The second-order valence-corrected chi connectivity index (χ2v) is 12.1. The maximum Gasteiger partial charge on any atom is 0.255 e. The summed E-state index contributed by atoms with van der Waals surface area (Å²) in [6, 6.07) is 7.14. The third-order valence-corrected chi connectivity index (χ3v) is 9.56. The average molecular weight is 549 g/mol. The lowest BCUT2D eigenvalue weighted by atomic mass is 10.1. The molecule has 1 N–H and O–H groups in total. The molecule has 3 aromatic rings. The second kappa shape index (κ2) is 10.7. The van der Waals surface area contributed by atoms with E-state index in [1.54, 1.807) is 11.0 Å². The number of carbonyl (C=O) groups is 3. The van der Waals surface area contributed by atoms with Gasteiger partial charge in [-0.1, -0.05) is 6.07 Å². The summed E-state index contributed by atoms with van der Waals surface area (Å²) >= 11 is -0.774. The van der Waals surface area contributed by atoms with E-state index in [4.69, 9.17) is 9.97 Å². The van der Waals surface area contributed by atoms with Gasteiger partial charge in [0.05, 0.1) is 5.69 Å². The van der Waals surface area contributed by atoms with Gasteiger partial charge in [-0.25, -0.2) is 9.97 Å². The number of likely N-dealkylation sites (N-methyl/N-ethyl adjacent to an activating group) is 1. The molecule has 0 spiro atoms. The van der Waals surface area contributed by atoms with Crippen LogP contribution in [0.25, 0.3) is 22.4 Å². The molecule has 2 amide bonds. The SMILES string of the molecule is CNC(=O)C(CCC=O)N1Cc2cc(-c3nc(CN4CCCC4)c4ccn(C5C[S+]([O-])C5)c4n3)ccc2C1=O. The Balaban J connectivity index is 1.36. The molecule has 2 fully saturated rings. The van der Waals surface area contributed by atoms with Crippen LogP contribution in [0, 0.1) is 0 Å².